The maximum absolute atomic E-state index is 13.9. The van der Waals surface area contributed by atoms with Gasteiger partial charge in [0.1, 0.15) is 5.82 Å². The fraction of sp³-hybridized carbons (Fsp3) is 0.391. The summed E-state index contributed by atoms with van der Waals surface area (Å²) in [5.74, 6) is -0.531. The van der Waals surface area contributed by atoms with Gasteiger partial charge in [-0.25, -0.2) is 4.39 Å². The van der Waals surface area contributed by atoms with Crippen LogP contribution < -0.4 is 10.6 Å². The molecule has 0 spiro atoms. The number of rotatable bonds is 6. The molecular formula is C23H28FN3O2. The summed E-state index contributed by atoms with van der Waals surface area (Å²) in [4.78, 5) is 27.2. The number of hydrogen-bond acceptors (Lipinski definition) is 3. The first-order valence-corrected chi connectivity index (χ1v) is 10.2. The van der Waals surface area contributed by atoms with Crippen molar-refractivity contribution in [3.63, 3.8) is 0 Å². The summed E-state index contributed by atoms with van der Waals surface area (Å²) in [7, 11) is 0. The molecule has 1 fully saturated rings. The minimum Gasteiger partial charge on any atom is -0.339 e. The van der Waals surface area contributed by atoms with Crippen molar-refractivity contribution in [1.29, 1.82) is 0 Å². The van der Waals surface area contributed by atoms with Crippen molar-refractivity contribution in [3.8, 4) is 0 Å². The molecule has 5 nitrogen and oxygen atoms in total. The van der Waals surface area contributed by atoms with Gasteiger partial charge in [0.25, 0.3) is 11.8 Å². The smallest absolute Gasteiger partial charge is 0.258 e. The highest BCUT2D eigenvalue weighted by molar-refractivity contribution is 6.05. The Bertz CT molecular complexity index is 876. The summed E-state index contributed by atoms with van der Waals surface area (Å²) >= 11 is 0. The van der Waals surface area contributed by atoms with E-state index in [0.29, 0.717) is 17.2 Å². The predicted octanol–water partition coefficient (Wildman–Crippen LogP) is 3.85. The second-order valence-electron chi connectivity index (χ2n) is 7.51. The lowest BCUT2D eigenvalue weighted by atomic mass is 9.96. The van der Waals surface area contributed by atoms with Gasteiger partial charge in [0, 0.05) is 24.3 Å². The number of likely N-dealkylation sites (tertiary alicyclic amines) is 1. The summed E-state index contributed by atoms with van der Waals surface area (Å²) in [6, 6.07) is 11.1. The quantitative estimate of drug-likeness (QED) is 0.778. The second kappa shape index (κ2) is 9.65. The lowest BCUT2D eigenvalue weighted by Crippen LogP contribution is -2.40. The number of aryl methyl sites for hydroxylation is 1. The van der Waals surface area contributed by atoms with Gasteiger partial charge < -0.3 is 15.5 Å². The van der Waals surface area contributed by atoms with E-state index < -0.39 is 11.7 Å². The molecule has 0 unspecified atom stereocenters. The van der Waals surface area contributed by atoms with Crippen molar-refractivity contribution in [2.24, 2.45) is 5.92 Å². The van der Waals surface area contributed by atoms with E-state index in [2.05, 4.69) is 17.6 Å². The number of nitrogens with one attached hydrogen (secondary N) is 2. The molecule has 6 heteroatoms. The molecular weight excluding hydrogens is 369 g/mol. The van der Waals surface area contributed by atoms with E-state index in [0.717, 1.165) is 44.6 Å². The van der Waals surface area contributed by atoms with Crippen molar-refractivity contribution in [2.45, 2.75) is 26.7 Å². The van der Waals surface area contributed by atoms with E-state index in [1.807, 2.05) is 17.9 Å². The minimum atomic E-state index is -0.574. The number of benzene rings is 2. The molecule has 0 atom stereocenters. The first-order valence-electron chi connectivity index (χ1n) is 10.2. The lowest BCUT2D eigenvalue weighted by Gasteiger charge is -2.32. The Hall–Kier alpha value is -2.73. The van der Waals surface area contributed by atoms with Crippen LogP contribution in [0.1, 0.15) is 46.0 Å². The fourth-order valence-electron chi connectivity index (χ4n) is 3.60. The number of carbonyl (C=O) groups excluding carboxylic acids is 2. The maximum atomic E-state index is 13.9. The highest BCUT2D eigenvalue weighted by atomic mass is 19.1. The Balaban J connectivity index is 1.68. The van der Waals surface area contributed by atoms with Crippen LogP contribution in [0.25, 0.3) is 0 Å². The van der Waals surface area contributed by atoms with Gasteiger partial charge >= 0.3 is 0 Å². The second-order valence-corrected chi connectivity index (χ2v) is 7.51. The van der Waals surface area contributed by atoms with Gasteiger partial charge in [-0.15, -0.1) is 0 Å². The third-order valence-corrected chi connectivity index (χ3v) is 5.44. The molecule has 0 saturated carbocycles. The van der Waals surface area contributed by atoms with Crippen molar-refractivity contribution in [1.82, 2.24) is 10.2 Å². The van der Waals surface area contributed by atoms with Crippen molar-refractivity contribution >= 4 is 17.5 Å². The number of anilines is 1. The Labute approximate surface area is 171 Å². The Morgan fingerprint density at radius 1 is 1.14 bits per heavy atom. The van der Waals surface area contributed by atoms with Gasteiger partial charge in [0.15, 0.2) is 0 Å². The molecule has 0 aliphatic carbocycles. The summed E-state index contributed by atoms with van der Waals surface area (Å²) in [6.07, 6.45) is 1.98. The number of piperidine rings is 1. The summed E-state index contributed by atoms with van der Waals surface area (Å²) in [5.41, 5.74) is 1.85. The Morgan fingerprint density at radius 3 is 2.55 bits per heavy atom. The molecule has 1 heterocycles. The zero-order chi connectivity index (χ0) is 20.8. The van der Waals surface area contributed by atoms with Crippen LogP contribution in [0.4, 0.5) is 10.1 Å². The summed E-state index contributed by atoms with van der Waals surface area (Å²) < 4.78 is 13.9. The molecule has 0 bridgehead atoms. The third kappa shape index (κ3) is 5.21. The highest BCUT2D eigenvalue weighted by Gasteiger charge is 2.24. The monoisotopic (exact) mass is 397 g/mol. The van der Waals surface area contributed by atoms with E-state index in [-0.39, 0.29) is 11.5 Å². The van der Waals surface area contributed by atoms with Gasteiger partial charge in [0.2, 0.25) is 0 Å². The van der Waals surface area contributed by atoms with Crippen LogP contribution >= 0.6 is 0 Å². The largest absolute Gasteiger partial charge is 0.339 e. The molecule has 1 aliphatic rings. The first-order chi connectivity index (χ1) is 14.0. The molecule has 1 aliphatic heterocycles. The lowest BCUT2D eigenvalue weighted by molar-refractivity contribution is 0.0690. The van der Waals surface area contributed by atoms with Gasteiger partial charge in [-0.3, -0.25) is 9.59 Å². The van der Waals surface area contributed by atoms with Crippen LogP contribution in [0, 0.1) is 18.7 Å². The molecule has 2 N–H and O–H groups in total. The number of amides is 2. The zero-order valence-electron chi connectivity index (χ0n) is 17.0. The van der Waals surface area contributed by atoms with E-state index in [1.165, 1.54) is 18.2 Å². The first kappa shape index (κ1) is 21.0. The van der Waals surface area contributed by atoms with Crippen LogP contribution in [0.5, 0.6) is 0 Å². The topological polar surface area (TPSA) is 61.4 Å². The normalized spacial score (nSPS) is 14.7. The number of halogens is 1. The van der Waals surface area contributed by atoms with Gasteiger partial charge in [0.05, 0.1) is 5.56 Å². The van der Waals surface area contributed by atoms with Crippen LogP contribution in [0.3, 0.4) is 0 Å². The predicted molar refractivity (Wildman–Crippen MR) is 113 cm³/mol. The van der Waals surface area contributed by atoms with Crippen LogP contribution in [0.2, 0.25) is 0 Å². The average Bonchev–Trinajstić information content (AvgIpc) is 2.74. The van der Waals surface area contributed by atoms with E-state index >= 15 is 0 Å². The fourth-order valence-corrected chi connectivity index (χ4v) is 3.60. The summed E-state index contributed by atoms with van der Waals surface area (Å²) in [6.45, 7) is 7.37. The van der Waals surface area contributed by atoms with Crippen LogP contribution in [-0.2, 0) is 0 Å². The molecule has 2 aromatic rings. The Morgan fingerprint density at radius 2 is 1.86 bits per heavy atom. The van der Waals surface area contributed by atoms with E-state index in [4.69, 9.17) is 0 Å². The SMILES string of the molecule is CCNCC1CCN(C(=O)c2ccc(C)c(NC(=O)c3ccccc3F)c2)CC1. The van der Waals surface area contributed by atoms with Gasteiger partial charge in [-0.2, -0.15) is 0 Å². The molecule has 0 aromatic heterocycles. The molecule has 1 saturated heterocycles. The third-order valence-electron chi connectivity index (χ3n) is 5.44. The highest BCUT2D eigenvalue weighted by Crippen LogP contribution is 2.22. The molecule has 154 valence electrons. The summed E-state index contributed by atoms with van der Waals surface area (Å²) in [5, 5.41) is 6.11. The Kier molecular flexibility index (Phi) is 6.99. The molecule has 2 aromatic carbocycles. The van der Waals surface area contributed by atoms with Crippen molar-refractivity contribution in [2.75, 3.05) is 31.5 Å². The minimum absolute atomic E-state index is 0.0219. The molecule has 29 heavy (non-hydrogen) atoms. The molecule has 0 radical (unpaired) electrons. The van der Waals surface area contributed by atoms with Crippen molar-refractivity contribution < 1.29 is 14.0 Å². The van der Waals surface area contributed by atoms with E-state index in [9.17, 15) is 14.0 Å². The average molecular weight is 397 g/mol. The van der Waals surface area contributed by atoms with E-state index in [1.54, 1.807) is 18.2 Å². The zero-order valence-corrected chi connectivity index (χ0v) is 17.0. The van der Waals surface area contributed by atoms with Gasteiger partial charge in [-0.1, -0.05) is 25.1 Å². The molecule has 3 rings (SSSR count). The van der Waals surface area contributed by atoms with Crippen LogP contribution in [0.15, 0.2) is 42.5 Å². The van der Waals surface area contributed by atoms with Crippen molar-refractivity contribution in [3.05, 3.63) is 65.0 Å². The van der Waals surface area contributed by atoms with Crippen LogP contribution in [-0.4, -0.2) is 42.9 Å². The number of carbonyl (C=O) groups is 2. The number of hydrogen-bond donors (Lipinski definition) is 2. The standard InChI is InChI=1S/C23H28FN3O2/c1-3-25-15-17-10-12-27(13-11-17)23(29)18-9-8-16(2)21(14-18)26-22(28)19-6-4-5-7-20(19)24/h4-9,14,17,25H,3,10-13,15H2,1-2H3,(H,26,28). The molecule has 2 amide bonds. The maximum Gasteiger partial charge on any atom is 0.258 e. The van der Waals surface area contributed by atoms with Gasteiger partial charge in [-0.05, 0) is 68.6 Å². The number of nitrogens with zero attached hydrogens (tertiary/aromatic N) is 1.